The average Bonchev–Trinajstić information content (AvgIpc) is 2.99. The number of nitrogens with zero attached hydrogens (tertiary/aromatic N) is 1. The fourth-order valence-corrected chi connectivity index (χ4v) is 5.60. The Morgan fingerprint density at radius 2 is 1.96 bits per heavy atom. The molecule has 27 heavy (non-hydrogen) atoms. The van der Waals surface area contributed by atoms with Crippen molar-refractivity contribution < 1.29 is 17.9 Å². The van der Waals surface area contributed by atoms with E-state index in [0.717, 1.165) is 21.7 Å². The molecule has 3 rings (SSSR count). The summed E-state index contributed by atoms with van der Waals surface area (Å²) in [7, 11) is -3.05. The molecule has 0 radical (unpaired) electrons. The molecule has 5 nitrogen and oxygen atoms in total. The minimum atomic E-state index is -3.05. The Hall–Kier alpha value is -1.60. The van der Waals surface area contributed by atoms with Gasteiger partial charge in [-0.3, -0.25) is 4.79 Å². The number of hydrogen-bond donors (Lipinski definition) is 0. The highest BCUT2D eigenvalue weighted by atomic mass is 79.9. The largest absolute Gasteiger partial charge is 0.484 e. The van der Waals surface area contributed by atoms with Crippen LogP contribution in [0.4, 0.5) is 0 Å². The molecule has 2 atom stereocenters. The fraction of sp³-hybridized carbons (Fsp3) is 0.450. The van der Waals surface area contributed by atoms with Crippen molar-refractivity contribution in [2.75, 3.05) is 18.1 Å². The molecule has 1 fully saturated rings. The highest BCUT2D eigenvalue weighted by Gasteiger charge is 2.36. The lowest BCUT2D eigenvalue weighted by atomic mass is 10.1. The summed E-state index contributed by atoms with van der Waals surface area (Å²) >= 11 is 3.45. The Bertz CT molecular complexity index is 944. The van der Waals surface area contributed by atoms with Crippen LogP contribution in [0.15, 0.2) is 40.9 Å². The molecule has 0 saturated carbocycles. The first-order valence-electron chi connectivity index (χ1n) is 9.13. The van der Waals surface area contributed by atoms with Crippen molar-refractivity contribution in [3.63, 3.8) is 0 Å². The molecule has 2 aromatic carbocycles. The van der Waals surface area contributed by atoms with Crippen LogP contribution in [-0.2, 0) is 14.6 Å². The van der Waals surface area contributed by atoms with E-state index >= 15 is 0 Å². The van der Waals surface area contributed by atoms with E-state index in [2.05, 4.69) is 15.9 Å². The zero-order valence-electron chi connectivity index (χ0n) is 15.5. The van der Waals surface area contributed by atoms with E-state index in [4.69, 9.17) is 4.74 Å². The Labute approximate surface area is 168 Å². The smallest absolute Gasteiger partial charge is 0.261 e. The zero-order valence-corrected chi connectivity index (χ0v) is 17.9. The van der Waals surface area contributed by atoms with Gasteiger partial charge in [-0.1, -0.05) is 35.0 Å². The van der Waals surface area contributed by atoms with E-state index in [-0.39, 0.29) is 36.1 Å². The third-order valence-corrected chi connectivity index (χ3v) is 7.34. The maximum Gasteiger partial charge on any atom is 0.261 e. The number of fused-ring (bicyclic) bond motifs is 1. The summed E-state index contributed by atoms with van der Waals surface area (Å²) in [5, 5.41) is 2.12. The average molecular weight is 454 g/mol. The van der Waals surface area contributed by atoms with Crippen LogP contribution in [0.3, 0.4) is 0 Å². The lowest BCUT2D eigenvalue weighted by Gasteiger charge is -2.33. The standard InChI is InChI=1S/C20H24BrNO4S/c1-3-14(2)22(18-8-9-27(24,25)13-18)20(23)12-26-19-7-5-15-10-17(21)6-4-16(15)11-19/h4-7,10-11,14,18H,3,8-9,12-13H2,1-2H3/t14-,18-/m0/s1. The topological polar surface area (TPSA) is 63.7 Å². The highest BCUT2D eigenvalue weighted by Crippen LogP contribution is 2.25. The molecule has 1 saturated heterocycles. The molecule has 0 aliphatic carbocycles. The molecule has 2 aromatic rings. The maximum atomic E-state index is 12.8. The first kappa shape index (κ1) is 20.1. The fourth-order valence-electron chi connectivity index (χ4n) is 3.50. The van der Waals surface area contributed by atoms with Gasteiger partial charge in [0.25, 0.3) is 5.91 Å². The van der Waals surface area contributed by atoms with Crippen molar-refractivity contribution in [2.24, 2.45) is 0 Å². The van der Waals surface area contributed by atoms with Crippen molar-refractivity contribution in [3.8, 4) is 5.75 Å². The number of halogens is 1. The van der Waals surface area contributed by atoms with Gasteiger partial charge in [-0.05, 0) is 54.8 Å². The van der Waals surface area contributed by atoms with Crippen LogP contribution in [0.2, 0.25) is 0 Å². The Morgan fingerprint density at radius 3 is 2.63 bits per heavy atom. The summed E-state index contributed by atoms with van der Waals surface area (Å²) in [5.74, 6) is 0.663. The van der Waals surface area contributed by atoms with Gasteiger partial charge >= 0.3 is 0 Å². The molecule has 1 amide bonds. The number of sulfone groups is 1. The Balaban J connectivity index is 1.71. The number of amides is 1. The molecule has 0 bridgehead atoms. The molecule has 1 aliphatic rings. The summed E-state index contributed by atoms with van der Waals surface area (Å²) in [4.78, 5) is 14.5. The number of carbonyl (C=O) groups excluding carboxylic acids is 1. The van der Waals surface area contributed by atoms with Crippen molar-refractivity contribution >= 4 is 42.4 Å². The third-order valence-electron chi connectivity index (χ3n) is 5.09. The van der Waals surface area contributed by atoms with Gasteiger partial charge < -0.3 is 9.64 Å². The highest BCUT2D eigenvalue weighted by molar-refractivity contribution is 9.10. The van der Waals surface area contributed by atoms with Gasteiger partial charge in [-0.2, -0.15) is 0 Å². The van der Waals surface area contributed by atoms with Crippen LogP contribution in [0.1, 0.15) is 26.7 Å². The van der Waals surface area contributed by atoms with E-state index in [0.29, 0.717) is 12.2 Å². The predicted octanol–water partition coefficient (Wildman–Crippen LogP) is 3.80. The van der Waals surface area contributed by atoms with E-state index in [9.17, 15) is 13.2 Å². The molecule has 1 heterocycles. The van der Waals surface area contributed by atoms with E-state index in [1.54, 1.807) is 4.90 Å². The number of hydrogen-bond acceptors (Lipinski definition) is 4. The summed E-state index contributed by atoms with van der Waals surface area (Å²) in [5.41, 5.74) is 0. The molecule has 1 aliphatic heterocycles. The number of benzene rings is 2. The SMILES string of the molecule is CC[C@H](C)N(C(=O)COc1ccc2cc(Br)ccc2c1)[C@H]1CCS(=O)(=O)C1. The first-order chi connectivity index (χ1) is 12.8. The van der Waals surface area contributed by atoms with Gasteiger partial charge in [-0.15, -0.1) is 0 Å². The van der Waals surface area contributed by atoms with Crippen molar-refractivity contribution in [1.29, 1.82) is 0 Å². The normalized spacial score (nSPS) is 19.7. The second-order valence-electron chi connectivity index (χ2n) is 7.06. The number of ether oxygens (including phenoxy) is 1. The minimum absolute atomic E-state index is 0.0200. The predicted molar refractivity (Wildman–Crippen MR) is 111 cm³/mol. The molecule has 146 valence electrons. The Kier molecular flexibility index (Phi) is 6.11. The van der Waals surface area contributed by atoms with E-state index < -0.39 is 9.84 Å². The molecule has 7 heteroatoms. The molecule has 0 unspecified atom stereocenters. The second kappa shape index (κ2) is 8.19. The number of rotatable bonds is 6. The van der Waals surface area contributed by atoms with Gasteiger partial charge in [0.15, 0.2) is 16.4 Å². The van der Waals surface area contributed by atoms with Crippen molar-refractivity contribution in [2.45, 2.75) is 38.8 Å². The number of carbonyl (C=O) groups is 1. The van der Waals surface area contributed by atoms with Gasteiger partial charge in [-0.25, -0.2) is 8.42 Å². The lowest BCUT2D eigenvalue weighted by molar-refractivity contribution is -0.137. The van der Waals surface area contributed by atoms with E-state index in [1.807, 2.05) is 50.2 Å². The summed E-state index contributed by atoms with van der Waals surface area (Å²) < 4.78 is 30.4. The Morgan fingerprint density at radius 1 is 1.26 bits per heavy atom. The van der Waals surface area contributed by atoms with Gasteiger partial charge in [0.05, 0.1) is 11.5 Å². The lowest BCUT2D eigenvalue weighted by Crippen LogP contribution is -2.48. The molecule has 0 aromatic heterocycles. The van der Waals surface area contributed by atoms with Gasteiger partial charge in [0, 0.05) is 16.6 Å². The van der Waals surface area contributed by atoms with Crippen LogP contribution >= 0.6 is 15.9 Å². The first-order valence-corrected chi connectivity index (χ1v) is 11.7. The summed E-state index contributed by atoms with van der Waals surface area (Å²) in [6.45, 7) is 3.86. The third kappa shape index (κ3) is 4.82. The second-order valence-corrected chi connectivity index (χ2v) is 10.2. The molecular weight excluding hydrogens is 430 g/mol. The summed E-state index contributed by atoms with van der Waals surface area (Å²) in [6, 6.07) is 11.4. The maximum absolute atomic E-state index is 12.8. The van der Waals surface area contributed by atoms with Crippen LogP contribution in [0, 0.1) is 0 Å². The molecular formula is C20H24BrNO4S. The van der Waals surface area contributed by atoms with Gasteiger partial charge in [0.2, 0.25) is 0 Å². The quantitative estimate of drug-likeness (QED) is 0.666. The molecule has 0 N–H and O–H groups in total. The van der Waals surface area contributed by atoms with Gasteiger partial charge in [0.1, 0.15) is 5.75 Å². The van der Waals surface area contributed by atoms with Crippen LogP contribution < -0.4 is 4.74 Å². The van der Waals surface area contributed by atoms with Crippen LogP contribution in [0.5, 0.6) is 5.75 Å². The van der Waals surface area contributed by atoms with E-state index in [1.165, 1.54) is 0 Å². The molecule has 0 spiro atoms. The van der Waals surface area contributed by atoms with Crippen molar-refractivity contribution in [1.82, 2.24) is 4.90 Å². The summed E-state index contributed by atoms with van der Waals surface area (Å²) in [6.07, 6.45) is 1.27. The minimum Gasteiger partial charge on any atom is -0.484 e. The van der Waals surface area contributed by atoms with Crippen LogP contribution in [0.25, 0.3) is 10.8 Å². The zero-order chi connectivity index (χ0) is 19.6. The van der Waals surface area contributed by atoms with Crippen molar-refractivity contribution in [3.05, 3.63) is 40.9 Å². The van der Waals surface area contributed by atoms with Crippen LogP contribution in [-0.4, -0.2) is 49.4 Å². The monoisotopic (exact) mass is 453 g/mol.